The number of carbonyl (C=O) groups excluding carboxylic acids is 1. The molecule has 0 atom stereocenters. The van der Waals surface area contributed by atoms with Crippen molar-refractivity contribution in [3.8, 4) is 0 Å². The van der Waals surface area contributed by atoms with Gasteiger partial charge in [0.1, 0.15) is 0 Å². The molecule has 0 unspecified atom stereocenters. The number of hydrogen-bond acceptors (Lipinski definition) is 2. The van der Waals surface area contributed by atoms with E-state index >= 15 is 0 Å². The maximum Gasteiger partial charge on any atom is 0.327 e. The van der Waals surface area contributed by atoms with Gasteiger partial charge >= 0.3 is 6.03 Å². The summed E-state index contributed by atoms with van der Waals surface area (Å²) in [4.78, 5) is 14.7. The molecule has 130 valence electrons. The Bertz CT molecular complexity index is 930. The van der Waals surface area contributed by atoms with Gasteiger partial charge in [-0.1, -0.05) is 54.6 Å². The Morgan fingerprint density at radius 1 is 0.808 bits per heavy atom. The van der Waals surface area contributed by atoms with Gasteiger partial charge in [-0.2, -0.15) is 0 Å². The van der Waals surface area contributed by atoms with Crippen LogP contribution in [0.15, 0.2) is 84.9 Å². The minimum absolute atomic E-state index is 0.328. The van der Waals surface area contributed by atoms with E-state index in [1.165, 1.54) is 0 Å². The van der Waals surface area contributed by atoms with Crippen LogP contribution in [0, 0.1) is 0 Å². The van der Waals surface area contributed by atoms with Crippen LogP contribution < -0.4 is 20.6 Å². The lowest BCUT2D eigenvalue weighted by atomic mass is 10.2. The molecule has 0 bridgehead atoms. The summed E-state index contributed by atoms with van der Waals surface area (Å²) in [5.74, 6) is 0. The van der Waals surface area contributed by atoms with Crippen molar-refractivity contribution in [2.75, 3.05) is 11.4 Å². The fraction of sp³-hybridized carbons (Fsp3) is 0.0952. The summed E-state index contributed by atoms with van der Waals surface area (Å²) >= 11 is 0. The molecule has 0 aliphatic carbocycles. The number of para-hydroxylation sites is 1. The second kappa shape index (κ2) is 6.81. The Balaban J connectivity index is 1.71. The molecule has 0 saturated carbocycles. The van der Waals surface area contributed by atoms with Gasteiger partial charge in [0, 0.05) is 22.8 Å². The van der Waals surface area contributed by atoms with Crippen LogP contribution in [0.2, 0.25) is 0 Å². The van der Waals surface area contributed by atoms with E-state index in [-0.39, 0.29) is 6.03 Å². The minimum atomic E-state index is -3.29. The molecule has 0 aromatic heterocycles. The second-order valence-electron chi connectivity index (χ2n) is 6.23. The third-order valence-electron chi connectivity index (χ3n) is 4.63. The number of rotatable bonds is 3. The van der Waals surface area contributed by atoms with Crippen LogP contribution >= 0.6 is 7.29 Å². The van der Waals surface area contributed by atoms with E-state index in [9.17, 15) is 9.36 Å². The first-order valence-corrected chi connectivity index (χ1v) is 10.3. The fourth-order valence-corrected chi connectivity index (χ4v) is 5.43. The number of hydrogen-bond donors (Lipinski definition) is 1. The number of benzene rings is 3. The molecule has 26 heavy (non-hydrogen) atoms. The smallest absolute Gasteiger partial charge is 0.294 e. The Morgan fingerprint density at radius 2 is 1.35 bits per heavy atom. The normalized spacial score (nSPS) is 13.3. The first kappa shape index (κ1) is 16.6. The molecule has 0 spiro atoms. The highest BCUT2D eigenvalue weighted by molar-refractivity contribution is 7.77. The SMILES string of the molecule is O=C(NP(=O)(c1ccccc1)c1ccccc1)N1CCc2ccccc21. The zero-order chi connectivity index (χ0) is 18.0. The van der Waals surface area contributed by atoms with Gasteiger partial charge < -0.3 is 0 Å². The zero-order valence-corrected chi connectivity index (χ0v) is 15.1. The summed E-state index contributed by atoms with van der Waals surface area (Å²) in [5.41, 5.74) is 2.02. The zero-order valence-electron chi connectivity index (χ0n) is 14.2. The third kappa shape index (κ3) is 2.93. The van der Waals surface area contributed by atoms with Gasteiger partial charge in [0.15, 0.2) is 0 Å². The third-order valence-corrected chi connectivity index (χ3v) is 7.18. The molecule has 1 heterocycles. The number of amides is 2. The lowest BCUT2D eigenvalue weighted by Crippen LogP contribution is -2.41. The average molecular weight is 362 g/mol. The summed E-state index contributed by atoms with van der Waals surface area (Å²) in [6.45, 7) is 0.592. The highest BCUT2D eigenvalue weighted by atomic mass is 31.2. The molecule has 3 aromatic rings. The van der Waals surface area contributed by atoms with Crippen molar-refractivity contribution in [2.45, 2.75) is 6.42 Å². The summed E-state index contributed by atoms with van der Waals surface area (Å²) in [6, 6.07) is 25.8. The summed E-state index contributed by atoms with van der Waals surface area (Å²) in [6.07, 6.45) is 0.810. The van der Waals surface area contributed by atoms with E-state index in [0.717, 1.165) is 17.7 Å². The summed E-state index contributed by atoms with van der Waals surface area (Å²) in [7, 11) is -3.29. The number of anilines is 1. The number of urea groups is 1. The lowest BCUT2D eigenvalue weighted by Gasteiger charge is -2.25. The molecule has 0 fully saturated rings. The van der Waals surface area contributed by atoms with Crippen molar-refractivity contribution in [3.05, 3.63) is 90.5 Å². The number of nitrogens with one attached hydrogen (secondary N) is 1. The topological polar surface area (TPSA) is 49.4 Å². The molecule has 0 radical (unpaired) electrons. The standard InChI is InChI=1S/C21H19N2O2P/c24-21(23-16-15-17-9-7-8-14-20(17)23)22-26(25,18-10-3-1-4-11-18)19-12-5-2-6-13-19/h1-14H,15-16H2,(H,22,24,25). The largest absolute Gasteiger partial charge is 0.327 e. The van der Waals surface area contributed by atoms with E-state index in [1.54, 1.807) is 29.2 Å². The maximum absolute atomic E-state index is 13.9. The van der Waals surface area contributed by atoms with Gasteiger partial charge in [-0.25, -0.2) is 4.79 Å². The lowest BCUT2D eigenvalue weighted by molar-refractivity contribution is 0.251. The number of carbonyl (C=O) groups is 1. The van der Waals surface area contributed by atoms with Crippen LogP contribution in [0.3, 0.4) is 0 Å². The second-order valence-corrected chi connectivity index (χ2v) is 8.70. The predicted octanol–water partition coefficient (Wildman–Crippen LogP) is 3.69. The van der Waals surface area contributed by atoms with E-state index in [2.05, 4.69) is 5.09 Å². The minimum Gasteiger partial charge on any atom is -0.294 e. The molecule has 4 nitrogen and oxygen atoms in total. The van der Waals surface area contributed by atoms with E-state index in [0.29, 0.717) is 17.2 Å². The molecule has 2 amide bonds. The van der Waals surface area contributed by atoms with Crippen LogP contribution in [0.4, 0.5) is 10.5 Å². The van der Waals surface area contributed by atoms with Gasteiger partial charge in [0.05, 0.1) is 0 Å². The van der Waals surface area contributed by atoms with Crippen LogP contribution in [-0.4, -0.2) is 12.6 Å². The molecule has 4 rings (SSSR count). The number of fused-ring (bicyclic) bond motifs is 1. The van der Waals surface area contributed by atoms with E-state index in [4.69, 9.17) is 0 Å². The first-order valence-electron chi connectivity index (χ1n) is 8.57. The van der Waals surface area contributed by atoms with Crippen molar-refractivity contribution in [1.29, 1.82) is 0 Å². The summed E-state index contributed by atoms with van der Waals surface area (Å²) < 4.78 is 13.9. The van der Waals surface area contributed by atoms with Crippen LogP contribution in [0.5, 0.6) is 0 Å². The molecular formula is C21H19N2O2P. The van der Waals surface area contributed by atoms with E-state index < -0.39 is 7.29 Å². The van der Waals surface area contributed by atoms with Crippen LogP contribution in [0.1, 0.15) is 5.56 Å². The van der Waals surface area contributed by atoms with Crippen molar-refractivity contribution in [3.63, 3.8) is 0 Å². The Hall–Kier alpha value is -2.84. The van der Waals surface area contributed by atoms with Crippen molar-refractivity contribution in [1.82, 2.24) is 5.09 Å². The van der Waals surface area contributed by atoms with Gasteiger partial charge in [-0.05, 0) is 42.3 Å². The van der Waals surface area contributed by atoms with Gasteiger partial charge in [0.25, 0.3) is 0 Å². The summed E-state index contributed by atoms with van der Waals surface area (Å²) in [5, 5.41) is 4.09. The maximum atomic E-state index is 13.9. The van der Waals surface area contributed by atoms with Crippen LogP contribution in [0.25, 0.3) is 0 Å². The van der Waals surface area contributed by atoms with E-state index in [1.807, 2.05) is 60.7 Å². The van der Waals surface area contributed by atoms with Crippen molar-refractivity contribution in [2.24, 2.45) is 0 Å². The van der Waals surface area contributed by atoms with Crippen molar-refractivity contribution >= 4 is 29.6 Å². The highest BCUT2D eigenvalue weighted by Crippen LogP contribution is 2.39. The highest BCUT2D eigenvalue weighted by Gasteiger charge is 2.33. The Kier molecular flexibility index (Phi) is 4.36. The van der Waals surface area contributed by atoms with Gasteiger partial charge in [0.2, 0.25) is 7.29 Å². The fourth-order valence-electron chi connectivity index (χ4n) is 3.30. The number of nitrogens with zero attached hydrogens (tertiary/aromatic N) is 1. The molecule has 3 aromatic carbocycles. The first-order chi connectivity index (χ1) is 12.7. The quantitative estimate of drug-likeness (QED) is 0.723. The predicted molar refractivity (Wildman–Crippen MR) is 106 cm³/mol. The molecule has 5 heteroatoms. The molecule has 0 saturated heterocycles. The Labute approximate surface area is 152 Å². The van der Waals surface area contributed by atoms with Gasteiger partial charge in [-0.3, -0.25) is 14.6 Å². The van der Waals surface area contributed by atoms with Crippen LogP contribution in [-0.2, 0) is 11.0 Å². The molecule has 1 aliphatic rings. The molecule has 1 aliphatic heterocycles. The average Bonchev–Trinajstić information content (AvgIpc) is 3.13. The van der Waals surface area contributed by atoms with Gasteiger partial charge in [-0.15, -0.1) is 0 Å². The van der Waals surface area contributed by atoms with Crippen molar-refractivity contribution < 1.29 is 9.36 Å². The molecular weight excluding hydrogens is 343 g/mol. The molecule has 1 N–H and O–H groups in total. The monoisotopic (exact) mass is 362 g/mol. The Morgan fingerprint density at radius 3 is 1.96 bits per heavy atom.